The number of hydrogen-bond donors (Lipinski definition) is 1. The zero-order valence-corrected chi connectivity index (χ0v) is 11.0. The average molecular weight is 262 g/mol. The van der Waals surface area contributed by atoms with Gasteiger partial charge in [-0.3, -0.25) is 0 Å². The van der Waals surface area contributed by atoms with Gasteiger partial charge in [0.25, 0.3) is 0 Å². The maximum absolute atomic E-state index is 10.0. The second kappa shape index (κ2) is 7.01. The topological polar surface area (TPSA) is 68.4 Å². The van der Waals surface area contributed by atoms with E-state index in [4.69, 9.17) is 9.26 Å². The molecule has 0 fully saturated rings. The number of aryl methyl sites for hydroxylation is 1. The van der Waals surface area contributed by atoms with Crippen LogP contribution in [0.3, 0.4) is 0 Å². The lowest BCUT2D eigenvalue weighted by atomic mass is 10.1. The molecule has 102 valence electrons. The summed E-state index contributed by atoms with van der Waals surface area (Å²) in [5, 5.41) is 13.9. The van der Waals surface area contributed by atoms with Crippen molar-refractivity contribution in [2.24, 2.45) is 0 Å². The van der Waals surface area contributed by atoms with Gasteiger partial charge in [-0.2, -0.15) is 4.98 Å². The van der Waals surface area contributed by atoms with Crippen LogP contribution >= 0.6 is 0 Å². The Bertz CT molecular complexity index is 484. The first kappa shape index (κ1) is 13.7. The molecule has 0 saturated carbocycles. The number of aromatic nitrogens is 2. The molecule has 19 heavy (non-hydrogen) atoms. The molecule has 0 bridgehead atoms. The Labute approximate surface area is 112 Å². The molecule has 0 aliphatic rings. The molecule has 1 aromatic heterocycles. The molecule has 1 atom stereocenters. The fourth-order valence-electron chi connectivity index (χ4n) is 1.81. The van der Waals surface area contributed by atoms with Gasteiger partial charge >= 0.3 is 0 Å². The van der Waals surface area contributed by atoms with Crippen molar-refractivity contribution in [3.05, 3.63) is 47.6 Å². The molecule has 2 aromatic rings. The van der Waals surface area contributed by atoms with Crippen LogP contribution in [0.4, 0.5) is 0 Å². The van der Waals surface area contributed by atoms with E-state index in [1.165, 1.54) is 0 Å². The number of methoxy groups -OCH3 is 1. The van der Waals surface area contributed by atoms with E-state index < -0.39 is 6.10 Å². The van der Waals surface area contributed by atoms with E-state index in [1.54, 1.807) is 7.11 Å². The molecule has 0 aliphatic carbocycles. The SMILES string of the molecule is COCCCc1noc(CC(O)c2ccccc2)n1. The number of rotatable bonds is 7. The van der Waals surface area contributed by atoms with Gasteiger partial charge in [-0.15, -0.1) is 0 Å². The number of benzene rings is 1. The molecular formula is C14H18N2O3. The Morgan fingerprint density at radius 2 is 2.11 bits per heavy atom. The molecular weight excluding hydrogens is 244 g/mol. The van der Waals surface area contributed by atoms with Crippen LogP contribution in [0.2, 0.25) is 0 Å². The number of hydrogen-bond acceptors (Lipinski definition) is 5. The Kier molecular flexibility index (Phi) is 5.06. The molecule has 5 heteroatoms. The molecule has 0 amide bonds. The van der Waals surface area contributed by atoms with Crippen molar-refractivity contribution in [2.45, 2.75) is 25.4 Å². The molecule has 0 spiro atoms. The van der Waals surface area contributed by atoms with E-state index in [1.807, 2.05) is 30.3 Å². The standard InChI is InChI=1S/C14H18N2O3/c1-18-9-5-8-13-15-14(19-16-13)10-12(17)11-6-3-2-4-7-11/h2-4,6-7,12,17H,5,8-10H2,1H3. The van der Waals surface area contributed by atoms with Crippen molar-refractivity contribution in [3.8, 4) is 0 Å². The summed E-state index contributed by atoms with van der Waals surface area (Å²) in [4.78, 5) is 4.25. The highest BCUT2D eigenvalue weighted by molar-refractivity contribution is 5.18. The maximum Gasteiger partial charge on any atom is 0.229 e. The molecule has 0 saturated heterocycles. The van der Waals surface area contributed by atoms with Gasteiger partial charge in [-0.1, -0.05) is 35.5 Å². The van der Waals surface area contributed by atoms with Gasteiger partial charge in [0, 0.05) is 20.1 Å². The van der Waals surface area contributed by atoms with Crippen molar-refractivity contribution in [1.29, 1.82) is 0 Å². The summed E-state index contributed by atoms with van der Waals surface area (Å²) >= 11 is 0. The summed E-state index contributed by atoms with van der Waals surface area (Å²) < 4.78 is 10.1. The third kappa shape index (κ3) is 4.15. The summed E-state index contributed by atoms with van der Waals surface area (Å²) in [6, 6.07) is 9.45. The van der Waals surface area contributed by atoms with E-state index in [0.717, 1.165) is 18.4 Å². The molecule has 5 nitrogen and oxygen atoms in total. The quantitative estimate of drug-likeness (QED) is 0.772. The molecule has 1 N–H and O–H groups in total. The van der Waals surface area contributed by atoms with Gasteiger partial charge in [0.15, 0.2) is 5.82 Å². The third-order valence-corrected chi connectivity index (χ3v) is 2.81. The second-order valence-corrected chi connectivity index (χ2v) is 4.33. The molecule has 0 aliphatic heterocycles. The Morgan fingerprint density at radius 1 is 1.32 bits per heavy atom. The fourth-order valence-corrected chi connectivity index (χ4v) is 1.81. The summed E-state index contributed by atoms with van der Waals surface area (Å²) in [6.45, 7) is 0.677. The highest BCUT2D eigenvalue weighted by atomic mass is 16.5. The van der Waals surface area contributed by atoms with Crippen molar-refractivity contribution < 1.29 is 14.4 Å². The highest BCUT2D eigenvalue weighted by Gasteiger charge is 2.13. The normalized spacial score (nSPS) is 12.5. The van der Waals surface area contributed by atoms with Crippen LogP contribution in [0, 0.1) is 0 Å². The monoisotopic (exact) mass is 262 g/mol. The highest BCUT2D eigenvalue weighted by Crippen LogP contribution is 2.17. The average Bonchev–Trinajstić information content (AvgIpc) is 2.88. The van der Waals surface area contributed by atoms with Crippen LogP contribution in [-0.2, 0) is 17.6 Å². The van der Waals surface area contributed by atoms with E-state index in [9.17, 15) is 5.11 Å². The molecule has 0 radical (unpaired) electrons. The van der Waals surface area contributed by atoms with Crippen molar-refractivity contribution in [3.63, 3.8) is 0 Å². The first-order valence-corrected chi connectivity index (χ1v) is 6.33. The minimum Gasteiger partial charge on any atom is -0.388 e. The number of aliphatic hydroxyl groups excluding tert-OH is 1. The number of aliphatic hydroxyl groups is 1. The second-order valence-electron chi connectivity index (χ2n) is 4.33. The Morgan fingerprint density at radius 3 is 2.84 bits per heavy atom. The predicted molar refractivity (Wildman–Crippen MR) is 69.6 cm³/mol. The van der Waals surface area contributed by atoms with E-state index in [0.29, 0.717) is 24.7 Å². The molecule has 1 unspecified atom stereocenters. The predicted octanol–water partition coefficient (Wildman–Crippen LogP) is 1.92. The minimum absolute atomic E-state index is 0.335. The summed E-state index contributed by atoms with van der Waals surface area (Å²) in [5.74, 6) is 1.12. The van der Waals surface area contributed by atoms with E-state index in [2.05, 4.69) is 10.1 Å². The van der Waals surface area contributed by atoms with Gasteiger partial charge in [0.2, 0.25) is 5.89 Å². The van der Waals surface area contributed by atoms with Crippen LogP contribution in [0.25, 0.3) is 0 Å². The lowest BCUT2D eigenvalue weighted by Crippen LogP contribution is -2.02. The van der Waals surface area contributed by atoms with Crippen LogP contribution in [0.15, 0.2) is 34.9 Å². The maximum atomic E-state index is 10.0. The van der Waals surface area contributed by atoms with E-state index in [-0.39, 0.29) is 0 Å². The summed E-state index contributed by atoms with van der Waals surface area (Å²) in [7, 11) is 1.66. The van der Waals surface area contributed by atoms with Gasteiger partial charge in [-0.05, 0) is 12.0 Å². The fraction of sp³-hybridized carbons (Fsp3) is 0.429. The Balaban J connectivity index is 1.89. The van der Waals surface area contributed by atoms with Crippen molar-refractivity contribution >= 4 is 0 Å². The zero-order chi connectivity index (χ0) is 13.5. The lowest BCUT2D eigenvalue weighted by molar-refractivity contribution is 0.164. The van der Waals surface area contributed by atoms with Crippen LogP contribution < -0.4 is 0 Å². The van der Waals surface area contributed by atoms with Gasteiger partial charge in [0.05, 0.1) is 12.5 Å². The van der Waals surface area contributed by atoms with Crippen molar-refractivity contribution in [1.82, 2.24) is 10.1 Å². The molecule has 1 aromatic carbocycles. The van der Waals surface area contributed by atoms with Gasteiger partial charge in [0.1, 0.15) is 0 Å². The van der Waals surface area contributed by atoms with Crippen LogP contribution in [0.1, 0.15) is 29.8 Å². The Hall–Kier alpha value is -1.72. The molecule has 2 rings (SSSR count). The zero-order valence-electron chi connectivity index (χ0n) is 11.0. The van der Waals surface area contributed by atoms with Crippen LogP contribution in [0.5, 0.6) is 0 Å². The summed E-state index contributed by atoms with van der Waals surface area (Å²) in [6.07, 6.45) is 1.30. The lowest BCUT2D eigenvalue weighted by Gasteiger charge is -2.07. The summed E-state index contributed by atoms with van der Waals surface area (Å²) in [5.41, 5.74) is 0.849. The van der Waals surface area contributed by atoms with E-state index >= 15 is 0 Å². The van der Waals surface area contributed by atoms with Crippen LogP contribution in [-0.4, -0.2) is 29.0 Å². The largest absolute Gasteiger partial charge is 0.388 e. The smallest absolute Gasteiger partial charge is 0.229 e. The first-order valence-electron chi connectivity index (χ1n) is 6.33. The molecule has 1 heterocycles. The number of ether oxygens (including phenoxy) is 1. The van der Waals surface area contributed by atoms with Crippen molar-refractivity contribution in [2.75, 3.05) is 13.7 Å². The van der Waals surface area contributed by atoms with Gasteiger partial charge in [-0.25, -0.2) is 0 Å². The number of nitrogens with zero attached hydrogens (tertiary/aromatic N) is 2. The first-order chi connectivity index (χ1) is 9.29. The third-order valence-electron chi connectivity index (χ3n) is 2.81. The minimum atomic E-state index is -0.617. The van der Waals surface area contributed by atoms with Gasteiger partial charge < -0.3 is 14.4 Å².